The van der Waals surface area contributed by atoms with Crippen LogP contribution in [0, 0.1) is 0 Å². The molecule has 7 nitrogen and oxygen atoms in total. The number of benzene rings is 3. The minimum Gasteiger partial charge on any atom is -0.497 e. The van der Waals surface area contributed by atoms with E-state index in [2.05, 4.69) is 10.1 Å². The van der Waals surface area contributed by atoms with Gasteiger partial charge in [0.2, 0.25) is 0 Å². The molecule has 0 aliphatic carbocycles. The van der Waals surface area contributed by atoms with Crippen LogP contribution in [0.3, 0.4) is 0 Å². The molecule has 206 valence electrons. The van der Waals surface area contributed by atoms with Gasteiger partial charge in [-0.3, -0.25) is 9.69 Å². The molecule has 1 amide bonds. The highest BCUT2D eigenvalue weighted by Gasteiger charge is 2.33. The molecule has 0 radical (unpaired) electrons. The van der Waals surface area contributed by atoms with Crippen molar-refractivity contribution in [2.75, 3.05) is 12.0 Å². The number of carbonyl (C=O) groups excluding carboxylic acids is 1. The van der Waals surface area contributed by atoms with Gasteiger partial charge in [-0.15, -0.1) is 0 Å². The summed E-state index contributed by atoms with van der Waals surface area (Å²) < 4.78 is 90.9. The second-order valence-electron chi connectivity index (χ2n) is 8.64. The standard InChI is InChI=1S/C27H18F6N4O3/c1-39-21-8-5-16(6-9-21)14-36(24(38)17-3-2-4-18(11-17)26(28,29)30)25-35-22-12-20(7-10-23(22)40-25)37-15-19(13-34-37)27(31,32)33/h2-13,15H,14H2,1H3. The number of methoxy groups -OCH3 is 1. The van der Waals surface area contributed by atoms with Crippen molar-refractivity contribution in [3.05, 3.63) is 101 Å². The summed E-state index contributed by atoms with van der Waals surface area (Å²) in [6, 6.07) is 14.7. The average molecular weight is 560 g/mol. The van der Waals surface area contributed by atoms with Crippen molar-refractivity contribution < 1.29 is 40.3 Å². The minimum absolute atomic E-state index is 0.118. The molecule has 0 saturated heterocycles. The van der Waals surface area contributed by atoms with E-state index in [4.69, 9.17) is 9.15 Å². The quantitative estimate of drug-likeness (QED) is 0.211. The molecular formula is C27H18F6N4O3. The molecule has 0 fully saturated rings. The Kier molecular flexibility index (Phi) is 6.74. The number of hydrogen-bond acceptors (Lipinski definition) is 5. The van der Waals surface area contributed by atoms with E-state index in [1.807, 2.05) is 0 Å². The maximum Gasteiger partial charge on any atom is 0.419 e. The number of amides is 1. The SMILES string of the molecule is COc1ccc(CN(C(=O)c2cccc(C(F)(F)F)c2)c2nc3cc(-n4cc(C(F)(F)F)cn4)ccc3o2)cc1. The van der Waals surface area contributed by atoms with Crippen LogP contribution >= 0.6 is 0 Å². The Balaban J connectivity index is 1.54. The number of alkyl halides is 6. The summed E-state index contributed by atoms with van der Waals surface area (Å²) in [5.74, 6) is -0.253. The molecule has 3 aromatic carbocycles. The van der Waals surface area contributed by atoms with Crippen molar-refractivity contribution in [2.24, 2.45) is 0 Å². The van der Waals surface area contributed by atoms with E-state index >= 15 is 0 Å². The Morgan fingerprint density at radius 3 is 2.33 bits per heavy atom. The molecule has 0 spiro atoms. The fourth-order valence-electron chi connectivity index (χ4n) is 3.90. The average Bonchev–Trinajstić information content (AvgIpc) is 3.59. The van der Waals surface area contributed by atoms with Gasteiger partial charge in [0.15, 0.2) is 5.58 Å². The first kappa shape index (κ1) is 26.8. The van der Waals surface area contributed by atoms with Crippen LogP contribution in [-0.4, -0.2) is 27.8 Å². The molecule has 2 aromatic heterocycles. The molecule has 0 aliphatic heterocycles. The largest absolute Gasteiger partial charge is 0.497 e. The molecular weight excluding hydrogens is 542 g/mol. The zero-order valence-corrected chi connectivity index (χ0v) is 20.5. The van der Waals surface area contributed by atoms with Crippen molar-refractivity contribution in [2.45, 2.75) is 18.9 Å². The van der Waals surface area contributed by atoms with Gasteiger partial charge in [0.05, 0.1) is 36.7 Å². The summed E-state index contributed by atoms with van der Waals surface area (Å²) in [4.78, 5) is 18.9. The molecule has 0 aliphatic rings. The first-order valence-corrected chi connectivity index (χ1v) is 11.6. The molecule has 5 rings (SSSR count). The van der Waals surface area contributed by atoms with Gasteiger partial charge in [-0.1, -0.05) is 18.2 Å². The minimum atomic E-state index is -4.66. The highest BCUT2D eigenvalue weighted by Crippen LogP contribution is 2.32. The van der Waals surface area contributed by atoms with E-state index in [0.29, 0.717) is 17.5 Å². The van der Waals surface area contributed by atoms with Gasteiger partial charge in [-0.2, -0.15) is 36.4 Å². The molecule has 0 N–H and O–H groups in total. The summed E-state index contributed by atoms with van der Waals surface area (Å²) in [5.41, 5.74) is -0.962. The zero-order chi connectivity index (χ0) is 28.7. The molecule has 40 heavy (non-hydrogen) atoms. The Labute approximate surface area is 222 Å². The van der Waals surface area contributed by atoms with E-state index in [9.17, 15) is 31.1 Å². The predicted molar refractivity (Wildman–Crippen MR) is 131 cm³/mol. The monoisotopic (exact) mass is 560 g/mol. The lowest BCUT2D eigenvalue weighted by Gasteiger charge is -2.19. The van der Waals surface area contributed by atoms with Crippen LogP contribution in [0.1, 0.15) is 27.0 Å². The molecule has 0 saturated carbocycles. The van der Waals surface area contributed by atoms with Crippen LogP contribution in [0.15, 0.2) is 83.5 Å². The Bertz CT molecular complexity index is 1670. The van der Waals surface area contributed by atoms with E-state index in [0.717, 1.165) is 34.0 Å². The van der Waals surface area contributed by atoms with Crippen LogP contribution < -0.4 is 9.64 Å². The summed E-state index contributed by atoms with van der Waals surface area (Å²) in [7, 11) is 1.48. The number of oxazole rings is 1. The number of ether oxygens (including phenoxy) is 1. The second-order valence-corrected chi connectivity index (χ2v) is 8.64. The highest BCUT2D eigenvalue weighted by molar-refractivity contribution is 6.05. The van der Waals surface area contributed by atoms with Gasteiger partial charge in [0.1, 0.15) is 11.3 Å². The second kappa shape index (κ2) is 10.1. The van der Waals surface area contributed by atoms with E-state index in [1.165, 1.54) is 31.4 Å². The van der Waals surface area contributed by atoms with Crippen LogP contribution in [-0.2, 0) is 18.9 Å². The number of carbonyl (C=O) groups is 1. The normalized spacial score (nSPS) is 12.1. The maximum absolute atomic E-state index is 13.5. The first-order valence-electron chi connectivity index (χ1n) is 11.6. The summed E-state index contributed by atoms with van der Waals surface area (Å²) >= 11 is 0. The Morgan fingerprint density at radius 2 is 1.68 bits per heavy atom. The lowest BCUT2D eigenvalue weighted by Crippen LogP contribution is -2.31. The molecule has 5 aromatic rings. The fourth-order valence-corrected chi connectivity index (χ4v) is 3.90. The summed E-state index contributed by atoms with van der Waals surface area (Å²) in [6.45, 7) is -0.118. The molecule has 0 unspecified atom stereocenters. The first-order chi connectivity index (χ1) is 18.9. The zero-order valence-electron chi connectivity index (χ0n) is 20.5. The van der Waals surface area contributed by atoms with E-state index < -0.39 is 29.4 Å². The van der Waals surface area contributed by atoms with Crippen molar-refractivity contribution in [3.8, 4) is 11.4 Å². The van der Waals surface area contributed by atoms with Gasteiger partial charge in [-0.05, 0) is 54.1 Å². The Hall–Kier alpha value is -4.81. The molecule has 0 atom stereocenters. The summed E-state index contributed by atoms with van der Waals surface area (Å²) in [6.07, 6.45) is -7.74. The highest BCUT2D eigenvalue weighted by atomic mass is 19.4. The van der Waals surface area contributed by atoms with Crippen molar-refractivity contribution in [1.82, 2.24) is 14.8 Å². The number of rotatable bonds is 6. The van der Waals surface area contributed by atoms with Crippen LogP contribution in [0.4, 0.5) is 32.4 Å². The lowest BCUT2D eigenvalue weighted by atomic mass is 10.1. The van der Waals surface area contributed by atoms with Crippen LogP contribution in [0.5, 0.6) is 5.75 Å². The van der Waals surface area contributed by atoms with Crippen molar-refractivity contribution in [1.29, 1.82) is 0 Å². The van der Waals surface area contributed by atoms with Crippen LogP contribution in [0.2, 0.25) is 0 Å². The smallest absolute Gasteiger partial charge is 0.419 e. The van der Waals surface area contributed by atoms with Gasteiger partial charge >= 0.3 is 18.4 Å². The summed E-state index contributed by atoms with van der Waals surface area (Å²) in [5, 5.41) is 3.74. The third-order valence-electron chi connectivity index (χ3n) is 5.95. The number of aromatic nitrogens is 3. The molecule has 2 heterocycles. The van der Waals surface area contributed by atoms with E-state index in [1.54, 1.807) is 24.3 Å². The fraction of sp³-hybridized carbons (Fsp3) is 0.148. The molecule has 13 heteroatoms. The third-order valence-corrected chi connectivity index (χ3v) is 5.95. The van der Waals surface area contributed by atoms with Gasteiger partial charge in [0, 0.05) is 11.8 Å². The van der Waals surface area contributed by atoms with Gasteiger partial charge in [0.25, 0.3) is 5.91 Å². The number of anilines is 1. The predicted octanol–water partition coefficient (Wildman–Crippen LogP) is 6.91. The van der Waals surface area contributed by atoms with E-state index in [-0.39, 0.29) is 34.9 Å². The van der Waals surface area contributed by atoms with Gasteiger partial charge in [-0.25, -0.2) is 4.68 Å². The Morgan fingerprint density at radius 1 is 0.950 bits per heavy atom. The number of nitrogens with zero attached hydrogens (tertiary/aromatic N) is 4. The van der Waals surface area contributed by atoms with Gasteiger partial charge < -0.3 is 9.15 Å². The molecule has 0 bridgehead atoms. The maximum atomic E-state index is 13.5. The van der Waals surface area contributed by atoms with Crippen molar-refractivity contribution >= 4 is 23.0 Å². The number of halogens is 6. The van der Waals surface area contributed by atoms with Crippen molar-refractivity contribution in [3.63, 3.8) is 0 Å². The topological polar surface area (TPSA) is 73.4 Å². The third kappa shape index (κ3) is 5.48. The van der Waals surface area contributed by atoms with Crippen LogP contribution in [0.25, 0.3) is 16.8 Å². The number of fused-ring (bicyclic) bond motifs is 1. The number of hydrogen-bond donors (Lipinski definition) is 0. The lowest BCUT2D eigenvalue weighted by molar-refractivity contribution is -0.138.